The summed E-state index contributed by atoms with van der Waals surface area (Å²) in [4.78, 5) is 52.8. The fourth-order valence-electron chi connectivity index (χ4n) is 3.06. The molecular weight excluding hydrogens is 420 g/mol. The van der Waals surface area contributed by atoms with E-state index < -0.39 is 29.9 Å². The van der Waals surface area contributed by atoms with Crippen LogP contribution in [0.3, 0.4) is 0 Å². The van der Waals surface area contributed by atoms with Crippen molar-refractivity contribution in [2.75, 3.05) is 18.5 Å². The van der Waals surface area contributed by atoms with E-state index in [9.17, 15) is 19.5 Å². The Morgan fingerprint density at radius 2 is 1.81 bits per heavy atom. The summed E-state index contributed by atoms with van der Waals surface area (Å²) in [5.74, 6) is -1.91. The maximum Gasteiger partial charge on any atom is 0.326 e. The zero-order valence-electron chi connectivity index (χ0n) is 17.1. The lowest BCUT2D eigenvalue weighted by Crippen LogP contribution is -2.41. The first-order valence-corrected chi connectivity index (χ1v) is 9.54. The van der Waals surface area contributed by atoms with Crippen LogP contribution in [0.5, 0.6) is 0 Å². The Kier molecular flexibility index (Phi) is 6.47. The van der Waals surface area contributed by atoms with Crippen LogP contribution in [0.15, 0.2) is 44.2 Å². The molecule has 2 aliphatic rings. The van der Waals surface area contributed by atoms with Gasteiger partial charge < -0.3 is 31.9 Å². The van der Waals surface area contributed by atoms with Gasteiger partial charge >= 0.3 is 11.9 Å². The van der Waals surface area contributed by atoms with Gasteiger partial charge in [-0.1, -0.05) is 0 Å². The summed E-state index contributed by atoms with van der Waals surface area (Å²) in [5, 5.41) is 20.2. The Balaban J connectivity index is 1.62. The highest BCUT2D eigenvalue weighted by Gasteiger charge is 2.29. The van der Waals surface area contributed by atoms with Crippen molar-refractivity contribution in [1.29, 1.82) is 0 Å². The molecular formula is C19H22N8O5. The number of rotatable bonds is 9. The van der Waals surface area contributed by atoms with Crippen molar-refractivity contribution in [3.8, 4) is 0 Å². The van der Waals surface area contributed by atoms with Crippen LogP contribution in [-0.4, -0.2) is 77.2 Å². The van der Waals surface area contributed by atoms with E-state index >= 15 is 0 Å². The number of benzene rings is 1. The number of guanidine groups is 1. The van der Waals surface area contributed by atoms with Crippen LogP contribution >= 0.6 is 0 Å². The number of carboxylic acids is 2. The van der Waals surface area contributed by atoms with Crippen LogP contribution in [0, 0.1) is 0 Å². The van der Waals surface area contributed by atoms with Crippen LogP contribution in [0.25, 0.3) is 0 Å². The van der Waals surface area contributed by atoms with Gasteiger partial charge in [0.05, 0.1) is 6.54 Å². The number of nitrogens with one attached hydrogen (secondary N) is 1. The average Bonchev–Trinajstić information content (AvgIpc) is 3.13. The summed E-state index contributed by atoms with van der Waals surface area (Å²) in [6.07, 6.45) is -0.584. The predicted octanol–water partition coefficient (Wildman–Crippen LogP) is -0.965. The number of aliphatic imine (C=N–C) groups is 4. The molecule has 2 aliphatic heterocycles. The monoisotopic (exact) mass is 442 g/mol. The van der Waals surface area contributed by atoms with E-state index in [0.29, 0.717) is 18.2 Å². The quantitative estimate of drug-likeness (QED) is 0.321. The molecule has 13 heteroatoms. The fraction of sp³-hybridized carbons (Fsp3) is 0.316. The topological polar surface area (TPSA) is 208 Å². The molecule has 2 heterocycles. The number of anilines is 1. The maximum atomic E-state index is 12.3. The number of fused-ring (bicyclic) bond motifs is 1. The molecule has 0 spiro atoms. The largest absolute Gasteiger partial charge is 0.481 e. The first-order chi connectivity index (χ1) is 15.1. The van der Waals surface area contributed by atoms with Gasteiger partial charge in [-0.15, -0.1) is 0 Å². The first kappa shape index (κ1) is 22.4. The second-order valence-electron chi connectivity index (χ2n) is 7.12. The van der Waals surface area contributed by atoms with Gasteiger partial charge in [0.1, 0.15) is 17.7 Å². The lowest BCUT2D eigenvalue weighted by atomic mass is 10.1. The van der Waals surface area contributed by atoms with Crippen LogP contribution in [0.1, 0.15) is 23.2 Å². The lowest BCUT2D eigenvalue weighted by Gasteiger charge is -2.19. The number of carboxylic acid groups (broad SMARTS) is 2. The average molecular weight is 442 g/mol. The molecule has 0 aliphatic carbocycles. The van der Waals surface area contributed by atoms with Crippen molar-refractivity contribution in [2.45, 2.75) is 24.9 Å². The third-order valence-electron chi connectivity index (χ3n) is 4.72. The number of nitrogens with two attached hydrogens (primary N) is 2. The molecule has 0 aromatic heterocycles. The van der Waals surface area contributed by atoms with E-state index in [4.69, 9.17) is 16.6 Å². The van der Waals surface area contributed by atoms with E-state index in [-0.39, 0.29) is 30.2 Å². The van der Waals surface area contributed by atoms with Gasteiger partial charge in [0.15, 0.2) is 11.9 Å². The van der Waals surface area contributed by atoms with Gasteiger partial charge in [0, 0.05) is 24.7 Å². The molecule has 0 radical (unpaired) electrons. The normalized spacial score (nSPS) is 17.8. The summed E-state index contributed by atoms with van der Waals surface area (Å²) in [5.41, 5.74) is 12.4. The number of carbonyl (C=O) groups excluding carboxylic acids is 1. The number of likely N-dealkylation sites (N-methyl/N-ethyl adjacent to an activating group) is 1. The standard InChI is InChI=1S/C19H22N8O5/c1-27(8-12-23-14-15(20)25-19(21)26-16(14)24-12)10-4-2-9(3-5-10)17(30)22-11(18(31)32)6-7-13(28)29/h2-5,11,14H,6-8H2,1H3,(H,22,30)(H,28,29)(H,31,32)(H4,20,21,23,24,25,26). The second kappa shape index (κ2) is 9.24. The highest BCUT2D eigenvalue weighted by atomic mass is 16.4. The second-order valence-corrected chi connectivity index (χ2v) is 7.12. The van der Waals surface area contributed by atoms with E-state index in [1.54, 1.807) is 19.2 Å². The van der Waals surface area contributed by atoms with Crippen LogP contribution in [-0.2, 0) is 9.59 Å². The van der Waals surface area contributed by atoms with Gasteiger partial charge in [-0.05, 0) is 30.7 Å². The van der Waals surface area contributed by atoms with Crippen molar-refractivity contribution < 1.29 is 24.6 Å². The van der Waals surface area contributed by atoms with Gasteiger partial charge in [-0.3, -0.25) is 9.59 Å². The zero-order chi connectivity index (χ0) is 23.4. The predicted molar refractivity (Wildman–Crippen MR) is 117 cm³/mol. The van der Waals surface area contributed by atoms with Crippen molar-refractivity contribution in [2.24, 2.45) is 31.4 Å². The molecule has 13 nitrogen and oxygen atoms in total. The van der Waals surface area contributed by atoms with Gasteiger partial charge in [0.2, 0.25) is 5.96 Å². The third kappa shape index (κ3) is 5.24. The number of carbonyl (C=O) groups is 3. The molecule has 0 bridgehead atoms. The SMILES string of the molecule is CN(CC1=NC2C(N)=NC(N)=NC2=N1)c1ccc(C(=O)NC(CCC(=O)O)C(=O)O)cc1. The van der Waals surface area contributed by atoms with E-state index in [1.165, 1.54) is 12.1 Å². The maximum absolute atomic E-state index is 12.3. The summed E-state index contributed by atoms with van der Waals surface area (Å²) in [7, 11) is 1.81. The molecule has 168 valence electrons. The summed E-state index contributed by atoms with van der Waals surface area (Å²) in [6, 6.07) is 4.61. The zero-order valence-corrected chi connectivity index (χ0v) is 17.1. The molecule has 2 unspecified atom stereocenters. The minimum absolute atomic E-state index is 0.0317. The molecule has 3 rings (SSSR count). The van der Waals surface area contributed by atoms with Crippen molar-refractivity contribution >= 4 is 47.0 Å². The van der Waals surface area contributed by atoms with E-state index in [1.807, 2.05) is 4.90 Å². The molecule has 7 N–H and O–H groups in total. The van der Waals surface area contributed by atoms with Crippen LogP contribution in [0.2, 0.25) is 0 Å². The van der Waals surface area contributed by atoms with Crippen LogP contribution < -0.4 is 21.7 Å². The number of hydrogen-bond acceptors (Lipinski definition) is 10. The molecule has 2 atom stereocenters. The Morgan fingerprint density at radius 1 is 1.12 bits per heavy atom. The summed E-state index contributed by atoms with van der Waals surface area (Å²) >= 11 is 0. The van der Waals surface area contributed by atoms with E-state index in [2.05, 4.69) is 25.3 Å². The number of nitrogens with zero attached hydrogens (tertiary/aromatic N) is 5. The molecule has 0 saturated carbocycles. The minimum atomic E-state index is -1.30. The summed E-state index contributed by atoms with van der Waals surface area (Å²) < 4.78 is 0. The lowest BCUT2D eigenvalue weighted by molar-refractivity contribution is -0.140. The van der Waals surface area contributed by atoms with Crippen LogP contribution in [0.4, 0.5) is 5.69 Å². The Bertz CT molecular complexity index is 1060. The first-order valence-electron chi connectivity index (χ1n) is 9.54. The smallest absolute Gasteiger partial charge is 0.326 e. The Morgan fingerprint density at radius 3 is 2.44 bits per heavy atom. The van der Waals surface area contributed by atoms with Crippen molar-refractivity contribution in [3.05, 3.63) is 29.8 Å². The molecule has 0 saturated heterocycles. The highest BCUT2D eigenvalue weighted by Crippen LogP contribution is 2.17. The minimum Gasteiger partial charge on any atom is -0.481 e. The van der Waals surface area contributed by atoms with Gasteiger partial charge in [-0.2, -0.15) is 9.98 Å². The van der Waals surface area contributed by atoms with Gasteiger partial charge in [-0.25, -0.2) is 14.8 Å². The molecule has 1 aromatic rings. The molecule has 1 aromatic carbocycles. The number of amides is 1. The number of hydrogen-bond donors (Lipinski definition) is 5. The van der Waals surface area contributed by atoms with E-state index in [0.717, 1.165) is 5.69 Å². The number of aliphatic carboxylic acids is 2. The molecule has 0 fully saturated rings. The molecule has 1 amide bonds. The Hall–Kier alpha value is -4.29. The Labute approximate surface area is 182 Å². The van der Waals surface area contributed by atoms with Crippen molar-refractivity contribution in [3.63, 3.8) is 0 Å². The summed E-state index contributed by atoms with van der Waals surface area (Å²) in [6.45, 7) is 0.338. The molecule has 32 heavy (non-hydrogen) atoms. The fourth-order valence-corrected chi connectivity index (χ4v) is 3.06. The van der Waals surface area contributed by atoms with Gasteiger partial charge in [0.25, 0.3) is 5.91 Å². The highest BCUT2D eigenvalue weighted by molar-refractivity contribution is 6.24. The third-order valence-corrected chi connectivity index (χ3v) is 4.72. The van der Waals surface area contributed by atoms with Crippen molar-refractivity contribution in [1.82, 2.24) is 5.32 Å². The number of amidine groups is 3.